The predicted molar refractivity (Wildman–Crippen MR) is 120 cm³/mol. The zero-order chi connectivity index (χ0) is 23.6. The maximum atomic E-state index is 13.2. The molecule has 2 aromatic heterocycles. The molecule has 0 amide bonds. The monoisotopic (exact) mass is 501 g/mol. The van der Waals surface area contributed by atoms with Crippen molar-refractivity contribution in [1.82, 2.24) is 9.97 Å². The molecule has 4 aromatic rings. The number of non-ortho nitro benzene ring substituents is 1. The highest BCUT2D eigenvalue weighted by Gasteiger charge is 2.30. The molecule has 33 heavy (non-hydrogen) atoms. The molecule has 0 bridgehead atoms. The van der Waals surface area contributed by atoms with E-state index in [9.17, 15) is 27.7 Å². The molecule has 0 spiro atoms. The van der Waals surface area contributed by atoms with Crippen LogP contribution in [0.5, 0.6) is 0 Å². The van der Waals surface area contributed by atoms with Gasteiger partial charge < -0.3 is 0 Å². The van der Waals surface area contributed by atoms with Gasteiger partial charge in [-0.05, 0) is 42.5 Å². The third kappa shape index (κ3) is 4.82. The Labute approximate surface area is 195 Å². The van der Waals surface area contributed by atoms with Crippen molar-refractivity contribution in [3.05, 3.63) is 94.1 Å². The number of nitro benzene ring substituents is 1. The number of halogens is 1. The van der Waals surface area contributed by atoms with Crippen LogP contribution in [0.25, 0.3) is 10.4 Å². The molecule has 0 atom stereocenters. The Balaban J connectivity index is 1.62. The number of thiazole rings is 1. The molecule has 0 aliphatic carbocycles. The average Bonchev–Trinajstić information content (AvgIpc) is 3.30. The molecule has 4 rings (SSSR count). The second-order valence-corrected chi connectivity index (χ2v) is 10.5. The van der Waals surface area contributed by atoms with E-state index in [2.05, 4.69) is 9.97 Å². The van der Waals surface area contributed by atoms with Crippen LogP contribution in [0.2, 0.25) is 0 Å². The molecule has 0 N–H and O–H groups in total. The summed E-state index contributed by atoms with van der Waals surface area (Å²) in [6.07, 6.45) is 4.54. The van der Waals surface area contributed by atoms with Crippen LogP contribution in [0.3, 0.4) is 0 Å². The van der Waals surface area contributed by atoms with Crippen molar-refractivity contribution in [2.75, 3.05) is 0 Å². The lowest BCUT2D eigenvalue weighted by molar-refractivity contribution is -0.384. The topological polar surface area (TPSA) is 120 Å². The summed E-state index contributed by atoms with van der Waals surface area (Å²) in [4.78, 5) is 32.6. The maximum absolute atomic E-state index is 13.2. The molecule has 0 unspecified atom stereocenters. The van der Waals surface area contributed by atoms with E-state index in [0.29, 0.717) is 10.4 Å². The Hall–Kier alpha value is -3.48. The third-order valence-corrected chi connectivity index (χ3v) is 8.19. The van der Waals surface area contributed by atoms with E-state index in [0.717, 1.165) is 45.4 Å². The fraction of sp³-hybridized carbons (Fsp3) is 0. The average molecular weight is 502 g/mol. The van der Waals surface area contributed by atoms with Crippen LogP contribution in [0.1, 0.15) is 9.80 Å². The number of aromatic nitrogens is 2. The summed E-state index contributed by atoms with van der Waals surface area (Å²) in [5.41, 5.74) is 0.344. The number of pyridine rings is 1. The zero-order valence-corrected chi connectivity index (χ0v) is 18.9. The Morgan fingerprint density at radius 1 is 1.03 bits per heavy atom. The summed E-state index contributed by atoms with van der Waals surface area (Å²) >= 11 is 2.24. The first-order valence-corrected chi connectivity index (χ1v) is 12.2. The van der Waals surface area contributed by atoms with Crippen molar-refractivity contribution < 1.29 is 22.5 Å². The molecular formula is C21H12FN3O5S3. The van der Waals surface area contributed by atoms with Gasteiger partial charge in [-0.1, -0.05) is 11.8 Å². The van der Waals surface area contributed by atoms with E-state index in [-0.39, 0.29) is 21.4 Å². The zero-order valence-electron chi connectivity index (χ0n) is 16.4. The van der Waals surface area contributed by atoms with Crippen molar-refractivity contribution in [1.29, 1.82) is 0 Å². The van der Waals surface area contributed by atoms with Gasteiger partial charge in [-0.2, -0.15) is 0 Å². The van der Waals surface area contributed by atoms with Crippen LogP contribution < -0.4 is 0 Å². The van der Waals surface area contributed by atoms with Crippen LogP contribution >= 0.6 is 23.1 Å². The second kappa shape index (κ2) is 9.17. The van der Waals surface area contributed by atoms with Crippen LogP contribution in [-0.4, -0.2) is 28.4 Å². The number of hydrogen-bond donors (Lipinski definition) is 0. The molecule has 0 aliphatic heterocycles. The van der Waals surface area contributed by atoms with Gasteiger partial charge in [0.1, 0.15) is 5.82 Å². The van der Waals surface area contributed by atoms with Crippen molar-refractivity contribution in [2.24, 2.45) is 0 Å². The quantitative estimate of drug-likeness (QED) is 0.267. The highest BCUT2D eigenvalue weighted by atomic mass is 32.2. The van der Waals surface area contributed by atoms with Crippen molar-refractivity contribution in [3.8, 4) is 10.4 Å². The summed E-state index contributed by atoms with van der Waals surface area (Å²) in [6, 6.07) is 11.7. The van der Waals surface area contributed by atoms with Gasteiger partial charge in [-0.25, -0.2) is 17.8 Å². The molecule has 0 radical (unpaired) electrons. The predicted octanol–water partition coefficient (Wildman–Crippen LogP) is 5.02. The molecular weight excluding hydrogens is 489 g/mol. The number of nitro groups is 1. The Morgan fingerprint density at radius 2 is 1.73 bits per heavy atom. The van der Waals surface area contributed by atoms with E-state index in [1.807, 2.05) is 0 Å². The van der Waals surface area contributed by atoms with Gasteiger partial charge in [0.15, 0.2) is 5.01 Å². The van der Waals surface area contributed by atoms with Gasteiger partial charge in [-0.3, -0.25) is 19.9 Å². The summed E-state index contributed by atoms with van der Waals surface area (Å²) in [7, 11) is -4.44. The number of carbonyl (C=O) groups excluding carboxylic acids is 1. The first kappa shape index (κ1) is 22.7. The lowest BCUT2D eigenvalue weighted by atomic mass is 10.2. The molecule has 2 aromatic carbocycles. The SMILES string of the molecule is O=C(c1ncc(-c2cnccc2Sc2ccc(F)cc2)s1)S(=O)(=O)c1ccc([N+](=O)[O-])cc1. The minimum absolute atomic E-state index is 0.245. The van der Waals surface area contributed by atoms with Crippen LogP contribution in [0, 0.1) is 15.9 Å². The first-order chi connectivity index (χ1) is 15.8. The van der Waals surface area contributed by atoms with Gasteiger partial charge in [0.05, 0.1) is 14.7 Å². The second-order valence-electron chi connectivity index (χ2n) is 6.50. The third-order valence-electron chi connectivity index (χ3n) is 4.37. The number of carbonyl (C=O) groups is 1. The minimum Gasteiger partial charge on any atom is -0.273 e. The van der Waals surface area contributed by atoms with Crippen LogP contribution in [-0.2, 0) is 9.84 Å². The molecule has 0 fully saturated rings. The normalized spacial score (nSPS) is 11.3. The van der Waals surface area contributed by atoms with Gasteiger partial charge in [0, 0.05) is 46.1 Å². The highest BCUT2D eigenvalue weighted by molar-refractivity contribution is 8.07. The molecule has 0 saturated heterocycles. The fourth-order valence-corrected chi connectivity index (χ4v) is 5.96. The first-order valence-electron chi connectivity index (χ1n) is 9.13. The van der Waals surface area contributed by atoms with Crippen molar-refractivity contribution in [3.63, 3.8) is 0 Å². The van der Waals surface area contributed by atoms with E-state index in [1.165, 1.54) is 30.1 Å². The van der Waals surface area contributed by atoms with Gasteiger partial charge in [-0.15, -0.1) is 11.3 Å². The number of hydrogen-bond acceptors (Lipinski definition) is 9. The fourth-order valence-electron chi connectivity index (χ4n) is 2.75. The number of nitrogens with zero attached hydrogens (tertiary/aromatic N) is 3. The Kier molecular flexibility index (Phi) is 6.31. The molecule has 2 heterocycles. The van der Waals surface area contributed by atoms with Gasteiger partial charge in [0.2, 0.25) is 9.84 Å². The van der Waals surface area contributed by atoms with Crippen molar-refractivity contribution >= 4 is 43.7 Å². The van der Waals surface area contributed by atoms with Crippen LogP contribution in [0.4, 0.5) is 10.1 Å². The lowest BCUT2D eigenvalue weighted by Gasteiger charge is -2.06. The molecule has 8 nitrogen and oxygen atoms in total. The van der Waals surface area contributed by atoms with Gasteiger partial charge in [0.25, 0.3) is 5.69 Å². The minimum atomic E-state index is -4.44. The van der Waals surface area contributed by atoms with E-state index < -0.39 is 19.9 Å². The molecule has 0 aliphatic rings. The molecule has 12 heteroatoms. The largest absolute Gasteiger partial charge is 0.309 e. The van der Waals surface area contributed by atoms with E-state index in [1.54, 1.807) is 30.6 Å². The Morgan fingerprint density at radius 3 is 2.39 bits per heavy atom. The summed E-state index contributed by atoms with van der Waals surface area (Å²) in [6.45, 7) is 0. The summed E-state index contributed by atoms with van der Waals surface area (Å²) in [5.74, 6) is -0.353. The number of benzene rings is 2. The molecule has 166 valence electrons. The smallest absolute Gasteiger partial charge is 0.273 e. The van der Waals surface area contributed by atoms with Gasteiger partial charge >= 0.3 is 5.12 Å². The summed E-state index contributed by atoms with van der Waals surface area (Å²) in [5, 5.41) is 9.32. The Bertz CT molecular complexity index is 1450. The molecule has 0 saturated carbocycles. The number of sulfone groups is 1. The van der Waals surface area contributed by atoms with Crippen LogP contribution in [0.15, 0.2) is 87.9 Å². The van der Waals surface area contributed by atoms with E-state index in [4.69, 9.17) is 0 Å². The highest BCUT2D eigenvalue weighted by Crippen LogP contribution is 2.38. The van der Waals surface area contributed by atoms with Crippen molar-refractivity contribution in [2.45, 2.75) is 14.7 Å². The van der Waals surface area contributed by atoms with E-state index >= 15 is 0 Å². The standard InChI is InChI=1S/C21H12FN3O5S3/c22-13-1-5-15(6-2-13)31-18-9-10-23-11-17(18)19-12-24-20(32-19)21(26)33(29,30)16-7-3-14(4-8-16)25(27)28/h1-12H. The number of rotatable bonds is 6. The maximum Gasteiger partial charge on any atom is 0.309 e. The summed E-state index contributed by atoms with van der Waals surface area (Å²) < 4.78 is 38.6. The lowest BCUT2D eigenvalue weighted by Crippen LogP contribution is -2.15.